The zero-order chi connectivity index (χ0) is 16.1. The summed E-state index contributed by atoms with van der Waals surface area (Å²) in [6, 6.07) is 18.3. The molecule has 3 rings (SSSR count). The van der Waals surface area contributed by atoms with Crippen LogP contribution in [0.15, 0.2) is 60.7 Å². The fraction of sp³-hybridized carbons (Fsp3) is 0.263. The van der Waals surface area contributed by atoms with E-state index in [1.54, 1.807) is 24.3 Å². The largest absolute Gasteiger partial charge is 0.347 e. The second-order valence-corrected chi connectivity index (χ2v) is 5.82. The van der Waals surface area contributed by atoms with Gasteiger partial charge in [-0.2, -0.15) is 0 Å². The summed E-state index contributed by atoms with van der Waals surface area (Å²) in [5, 5.41) is 6.10. The summed E-state index contributed by atoms with van der Waals surface area (Å²) in [5.74, 6) is -0.173. The summed E-state index contributed by atoms with van der Waals surface area (Å²) in [6.45, 7) is 0. The van der Waals surface area contributed by atoms with Crippen LogP contribution >= 0.6 is 0 Å². The van der Waals surface area contributed by atoms with E-state index < -0.39 is 0 Å². The third-order valence-electron chi connectivity index (χ3n) is 4.22. The number of hydrogen-bond acceptors (Lipinski definition) is 2. The lowest BCUT2D eigenvalue weighted by molar-refractivity contribution is 0.0892. The van der Waals surface area contributed by atoms with Crippen LogP contribution in [0.3, 0.4) is 0 Å². The Morgan fingerprint density at radius 1 is 0.696 bits per heavy atom. The average Bonchev–Trinajstić information content (AvgIpc) is 3.03. The molecule has 1 aliphatic rings. The molecule has 2 atom stereocenters. The van der Waals surface area contributed by atoms with Crippen molar-refractivity contribution in [2.75, 3.05) is 0 Å². The fourth-order valence-corrected chi connectivity index (χ4v) is 2.99. The first-order chi connectivity index (χ1) is 11.2. The second kappa shape index (κ2) is 7.09. The monoisotopic (exact) mass is 308 g/mol. The molecule has 2 N–H and O–H groups in total. The molecular formula is C19H20N2O2. The molecule has 0 saturated heterocycles. The van der Waals surface area contributed by atoms with Gasteiger partial charge in [0.25, 0.3) is 11.8 Å². The Labute approximate surface area is 135 Å². The van der Waals surface area contributed by atoms with Crippen molar-refractivity contribution in [2.45, 2.75) is 31.3 Å². The number of rotatable bonds is 4. The standard InChI is InChI=1S/C19H20N2O2/c22-18(14-8-3-1-4-9-14)20-16-12-7-13-17(16)21-19(23)15-10-5-2-6-11-15/h1-6,8-11,16-17H,7,12-13H2,(H,20,22)(H,21,23)/t16-,17-/m1/s1. The summed E-state index contributed by atoms with van der Waals surface area (Å²) in [6.07, 6.45) is 2.77. The molecule has 4 heteroatoms. The summed E-state index contributed by atoms with van der Waals surface area (Å²) in [5.41, 5.74) is 1.29. The molecule has 0 aromatic heterocycles. The topological polar surface area (TPSA) is 58.2 Å². The minimum Gasteiger partial charge on any atom is -0.347 e. The Bertz CT molecular complexity index is 611. The third-order valence-corrected chi connectivity index (χ3v) is 4.22. The molecule has 4 nitrogen and oxygen atoms in total. The minimum atomic E-state index is -0.0866. The van der Waals surface area contributed by atoms with E-state index in [4.69, 9.17) is 0 Å². The highest BCUT2D eigenvalue weighted by Gasteiger charge is 2.30. The number of carbonyl (C=O) groups excluding carboxylic acids is 2. The summed E-state index contributed by atoms with van der Waals surface area (Å²) in [7, 11) is 0. The van der Waals surface area contributed by atoms with E-state index in [-0.39, 0.29) is 23.9 Å². The fourth-order valence-electron chi connectivity index (χ4n) is 2.99. The van der Waals surface area contributed by atoms with E-state index in [1.807, 2.05) is 36.4 Å². The van der Waals surface area contributed by atoms with Crippen molar-refractivity contribution < 1.29 is 9.59 Å². The van der Waals surface area contributed by atoms with E-state index in [0.717, 1.165) is 19.3 Å². The molecule has 118 valence electrons. The molecule has 0 radical (unpaired) electrons. The quantitative estimate of drug-likeness (QED) is 0.912. The number of carbonyl (C=O) groups is 2. The predicted molar refractivity (Wildman–Crippen MR) is 89.2 cm³/mol. The lowest BCUT2D eigenvalue weighted by Crippen LogP contribution is -2.48. The first-order valence-electron chi connectivity index (χ1n) is 7.96. The molecule has 1 saturated carbocycles. The Hall–Kier alpha value is -2.62. The zero-order valence-electron chi connectivity index (χ0n) is 12.9. The second-order valence-electron chi connectivity index (χ2n) is 5.82. The van der Waals surface area contributed by atoms with Gasteiger partial charge >= 0.3 is 0 Å². The average molecular weight is 308 g/mol. The van der Waals surface area contributed by atoms with Crippen molar-refractivity contribution in [3.8, 4) is 0 Å². The van der Waals surface area contributed by atoms with Crippen molar-refractivity contribution in [2.24, 2.45) is 0 Å². The van der Waals surface area contributed by atoms with Crippen molar-refractivity contribution in [3.63, 3.8) is 0 Å². The van der Waals surface area contributed by atoms with Crippen molar-refractivity contribution in [1.29, 1.82) is 0 Å². The maximum atomic E-state index is 12.3. The van der Waals surface area contributed by atoms with Crippen LogP contribution in [0.5, 0.6) is 0 Å². The van der Waals surface area contributed by atoms with Gasteiger partial charge < -0.3 is 10.6 Å². The Balaban J connectivity index is 1.62. The maximum absolute atomic E-state index is 12.3. The molecule has 0 unspecified atom stereocenters. The van der Waals surface area contributed by atoms with Gasteiger partial charge in [0.1, 0.15) is 0 Å². The van der Waals surface area contributed by atoms with E-state index in [2.05, 4.69) is 10.6 Å². The molecule has 2 amide bonds. The smallest absolute Gasteiger partial charge is 0.251 e. The normalized spacial score (nSPS) is 20.0. The SMILES string of the molecule is O=C(N[C@@H]1CCC[C@H]1NC(=O)c1ccccc1)c1ccccc1. The Morgan fingerprint density at radius 2 is 1.09 bits per heavy atom. The van der Waals surface area contributed by atoms with Crippen molar-refractivity contribution >= 4 is 11.8 Å². The first-order valence-corrected chi connectivity index (χ1v) is 7.96. The molecule has 1 fully saturated rings. The summed E-state index contributed by atoms with van der Waals surface area (Å²) < 4.78 is 0. The van der Waals surface area contributed by atoms with E-state index >= 15 is 0 Å². The highest BCUT2D eigenvalue weighted by molar-refractivity contribution is 5.95. The van der Waals surface area contributed by atoms with Gasteiger partial charge in [0, 0.05) is 23.2 Å². The predicted octanol–water partition coefficient (Wildman–Crippen LogP) is 2.77. The molecule has 2 aromatic carbocycles. The summed E-state index contributed by atoms with van der Waals surface area (Å²) >= 11 is 0. The van der Waals surface area contributed by atoms with Crippen LogP contribution in [0.25, 0.3) is 0 Å². The molecule has 23 heavy (non-hydrogen) atoms. The van der Waals surface area contributed by atoms with Gasteiger partial charge in [0.2, 0.25) is 0 Å². The number of nitrogens with one attached hydrogen (secondary N) is 2. The van der Waals surface area contributed by atoms with Crippen molar-refractivity contribution in [3.05, 3.63) is 71.8 Å². The number of benzene rings is 2. The van der Waals surface area contributed by atoms with Gasteiger partial charge in [0.05, 0.1) is 0 Å². The van der Waals surface area contributed by atoms with Gasteiger partial charge in [-0.15, -0.1) is 0 Å². The molecule has 0 heterocycles. The Kier molecular flexibility index (Phi) is 4.71. The van der Waals surface area contributed by atoms with E-state index in [1.165, 1.54) is 0 Å². The molecule has 0 bridgehead atoms. The molecule has 1 aliphatic carbocycles. The van der Waals surface area contributed by atoms with Crippen LogP contribution in [0, 0.1) is 0 Å². The lowest BCUT2D eigenvalue weighted by atomic mass is 10.1. The molecule has 2 aromatic rings. The third kappa shape index (κ3) is 3.77. The lowest BCUT2D eigenvalue weighted by Gasteiger charge is -2.22. The maximum Gasteiger partial charge on any atom is 0.251 e. The van der Waals surface area contributed by atoms with Gasteiger partial charge in [-0.05, 0) is 43.5 Å². The first kappa shape index (κ1) is 15.3. The molecular weight excluding hydrogens is 288 g/mol. The van der Waals surface area contributed by atoms with Crippen LogP contribution in [-0.4, -0.2) is 23.9 Å². The highest BCUT2D eigenvalue weighted by atomic mass is 16.2. The van der Waals surface area contributed by atoms with Crippen LogP contribution in [0.2, 0.25) is 0 Å². The minimum absolute atomic E-state index is 0.0182. The van der Waals surface area contributed by atoms with Gasteiger partial charge in [-0.3, -0.25) is 9.59 Å². The van der Waals surface area contributed by atoms with Crippen molar-refractivity contribution in [1.82, 2.24) is 10.6 Å². The molecule has 0 aliphatic heterocycles. The summed E-state index contributed by atoms with van der Waals surface area (Å²) in [4.78, 5) is 24.6. The van der Waals surface area contributed by atoms with Gasteiger partial charge in [-0.1, -0.05) is 36.4 Å². The van der Waals surface area contributed by atoms with E-state index in [9.17, 15) is 9.59 Å². The zero-order valence-corrected chi connectivity index (χ0v) is 12.9. The van der Waals surface area contributed by atoms with Gasteiger partial charge in [0.15, 0.2) is 0 Å². The Morgan fingerprint density at radius 3 is 1.48 bits per heavy atom. The molecule has 0 spiro atoms. The highest BCUT2D eigenvalue weighted by Crippen LogP contribution is 2.20. The van der Waals surface area contributed by atoms with E-state index in [0.29, 0.717) is 11.1 Å². The van der Waals surface area contributed by atoms with Gasteiger partial charge in [-0.25, -0.2) is 0 Å². The number of amides is 2. The van der Waals surface area contributed by atoms with Crippen LogP contribution in [0.1, 0.15) is 40.0 Å². The van der Waals surface area contributed by atoms with Crippen LogP contribution in [-0.2, 0) is 0 Å². The van der Waals surface area contributed by atoms with Crippen LogP contribution in [0.4, 0.5) is 0 Å². The number of hydrogen-bond donors (Lipinski definition) is 2. The van der Waals surface area contributed by atoms with Crippen LogP contribution < -0.4 is 10.6 Å².